The Hall–Kier alpha value is -3.04. The van der Waals surface area contributed by atoms with Crippen LogP contribution in [-0.2, 0) is 12.4 Å². The lowest BCUT2D eigenvalue weighted by Crippen LogP contribution is -2.27. The van der Waals surface area contributed by atoms with Crippen LogP contribution in [-0.4, -0.2) is 34.7 Å². The molecule has 0 radical (unpaired) electrons. The summed E-state index contributed by atoms with van der Waals surface area (Å²) in [6.45, 7) is 0. The number of aliphatic imine (C=N–C) groups is 2. The molecule has 1 aliphatic rings. The van der Waals surface area contributed by atoms with E-state index in [2.05, 4.69) is 9.98 Å². The molecule has 32 heavy (non-hydrogen) atoms. The summed E-state index contributed by atoms with van der Waals surface area (Å²) in [6.07, 6.45) is -4.35. The van der Waals surface area contributed by atoms with Crippen molar-refractivity contribution in [3.05, 3.63) is 58.7 Å². The lowest BCUT2D eigenvalue weighted by Gasteiger charge is -2.25. The number of rotatable bonds is 4. The summed E-state index contributed by atoms with van der Waals surface area (Å²) in [6, 6.07) is 5.60. The molecule has 1 fully saturated rings. The first-order chi connectivity index (χ1) is 15.0. The standard InChI is InChI=1S/C22H20F6N2O2/c23-21(24,25)15-7-3-5-13(19(15)31)11-29-17-9-1-2-10-18(17)30-12-14-6-4-8-16(20(14)32)22(26,27)28/h3-8,11-12,17-18,31-32H,1-2,9-10H2/t17-,18?/m0/s1. The van der Waals surface area contributed by atoms with Gasteiger partial charge in [-0.3, -0.25) is 9.98 Å². The summed E-state index contributed by atoms with van der Waals surface area (Å²) >= 11 is 0. The van der Waals surface area contributed by atoms with Crippen molar-refractivity contribution < 1.29 is 36.6 Å². The Morgan fingerprint density at radius 2 is 1.06 bits per heavy atom. The molecule has 4 nitrogen and oxygen atoms in total. The Morgan fingerprint density at radius 3 is 1.41 bits per heavy atom. The van der Waals surface area contributed by atoms with Gasteiger partial charge in [-0.15, -0.1) is 0 Å². The number of aromatic hydroxyl groups is 2. The van der Waals surface area contributed by atoms with E-state index < -0.39 is 47.1 Å². The van der Waals surface area contributed by atoms with Crippen LogP contribution in [0.3, 0.4) is 0 Å². The fourth-order valence-corrected chi connectivity index (χ4v) is 3.58. The van der Waals surface area contributed by atoms with Crippen LogP contribution in [0.15, 0.2) is 46.4 Å². The quantitative estimate of drug-likeness (QED) is 0.437. The number of benzene rings is 2. The van der Waals surface area contributed by atoms with Gasteiger partial charge in [0.05, 0.1) is 23.2 Å². The van der Waals surface area contributed by atoms with Crippen LogP contribution in [0.1, 0.15) is 47.9 Å². The van der Waals surface area contributed by atoms with Crippen molar-refractivity contribution in [3.8, 4) is 11.5 Å². The minimum absolute atomic E-state index is 0.0938. The van der Waals surface area contributed by atoms with Gasteiger partial charge in [-0.25, -0.2) is 0 Å². The molecule has 0 saturated heterocycles. The molecule has 3 rings (SSSR count). The van der Waals surface area contributed by atoms with Crippen LogP contribution < -0.4 is 0 Å². The highest BCUT2D eigenvalue weighted by Crippen LogP contribution is 2.38. The Bertz CT molecular complexity index is 933. The van der Waals surface area contributed by atoms with Crippen LogP contribution >= 0.6 is 0 Å². The van der Waals surface area contributed by atoms with Gasteiger partial charge in [0, 0.05) is 23.6 Å². The van der Waals surface area contributed by atoms with E-state index in [1.165, 1.54) is 12.1 Å². The van der Waals surface area contributed by atoms with E-state index in [0.717, 1.165) is 49.5 Å². The molecule has 172 valence electrons. The molecule has 10 heteroatoms. The first kappa shape index (κ1) is 23.6. The van der Waals surface area contributed by atoms with E-state index in [1.807, 2.05) is 0 Å². The van der Waals surface area contributed by atoms with Gasteiger partial charge < -0.3 is 10.2 Å². The van der Waals surface area contributed by atoms with Crippen molar-refractivity contribution in [1.29, 1.82) is 0 Å². The average Bonchev–Trinajstić information content (AvgIpc) is 2.71. The monoisotopic (exact) mass is 458 g/mol. The summed E-state index contributed by atoms with van der Waals surface area (Å²) < 4.78 is 77.8. The van der Waals surface area contributed by atoms with Gasteiger partial charge in [0.15, 0.2) is 0 Å². The zero-order chi connectivity index (χ0) is 23.5. The molecule has 0 spiro atoms. The van der Waals surface area contributed by atoms with Gasteiger partial charge in [-0.2, -0.15) is 26.3 Å². The van der Waals surface area contributed by atoms with E-state index in [4.69, 9.17) is 0 Å². The maximum Gasteiger partial charge on any atom is 0.419 e. The van der Waals surface area contributed by atoms with Gasteiger partial charge in [-0.1, -0.05) is 25.0 Å². The lowest BCUT2D eigenvalue weighted by molar-refractivity contribution is -0.139. The van der Waals surface area contributed by atoms with Crippen molar-refractivity contribution in [1.82, 2.24) is 0 Å². The Labute approximate surface area is 180 Å². The molecule has 0 aromatic heterocycles. The molecule has 2 atom stereocenters. The van der Waals surface area contributed by atoms with Crippen molar-refractivity contribution in [2.45, 2.75) is 50.1 Å². The van der Waals surface area contributed by atoms with E-state index >= 15 is 0 Å². The number of nitrogens with zero attached hydrogens (tertiary/aromatic N) is 2. The molecule has 2 aromatic rings. The number of hydrogen-bond acceptors (Lipinski definition) is 4. The van der Waals surface area contributed by atoms with E-state index in [9.17, 15) is 36.6 Å². The summed E-state index contributed by atoms with van der Waals surface area (Å²) in [5.74, 6) is -1.85. The minimum atomic E-state index is -4.71. The molecule has 0 aliphatic heterocycles. The third kappa shape index (κ3) is 5.41. The van der Waals surface area contributed by atoms with Crippen LogP contribution in [0.5, 0.6) is 11.5 Å². The predicted octanol–water partition coefficient (Wildman–Crippen LogP) is 5.98. The van der Waals surface area contributed by atoms with E-state index in [0.29, 0.717) is 12.8 Å². The maximum absolute atomic E-state index is 13.0. The van der Waals surface area contributed by atoms with Gasteiger partial charge >= 0.3 is 12.4 Å². The van der Waals surface area contributed by atoms with Crippen molar-refractivity contribution in [2.24, 2.45) is 9.98 Å². The summed E-state index contributed by atoms with van der Waals surface area (Å²) in [7, 11) is 0. The molecule has 0 heterocycles. The Kier molecular flexibility index (Phi) is 6.80. The number of hydrogen-bond donors (Lipinski definition) is 2. The lowest BCUT2D eigenvalue weighted by atomic mass is 9.91. The van der Waals surface area contributed by atoms with Crippen LogP contribution in [0.25, 0.3) is 0 Å². The topological polar surface area (TPSA) is 65.2 Å². The second kappa shape index (κ2) is 9.22. The van der Waals surface area contributed by atoms with Gasteiger partial charge in [0.25, 0.3) is 0 Å². The van der Waals surface area contributed by atoms with Gasteiger partial charge in [0.2, 0.25) is 0 Å². The summed E-state index contributed by atoms with van der Waals surface area (Å²) in [5.41, 5.74) is -2.52. The SMILES string of the molecule is Oc1c(C=NC2CCCC[C@@H]2N=Cc2cccc(C(F)(F)F)c2O)cccc1C(F)(F)F. The molecule has 0 amide bonds. The van der Waals surface area contributed by atoms with Crippen LogP contribution in [0.4, 0.5) is 26.3 Å². The number of phenols is 2. The van der Waals surface area contributed by atoms with Gasteiger partial charge in [0.1, 0.15) is 11.5 Å². The molecule has 0 bridgehead atoms. The van der Waals surface area contributed by atoms with Crippen molar-refractivity contribution in [3.63, 3.8) is 0 Å². The minimum Gasteiger partial charge on any atom is -0.507 e. The van der Waals surface area contributed by atoms with Crippen molar-refractivity contribution in [2.75, 3.05) is 0 Å². The third-order valence-corrected chi connectivity index (χ3v) is 5.25. The first-order valence-electron chi connectivity index (χ1n) is 9.83. The highest BCUT2D eigenvalue weighted by molar-refractivity contribution is 5.85. The van der Waals surface area contributed by atoms with E-state index in [1.54, 1.807) is 0 Å². The Morgan fingerprint density at radius 1 is 0.688 bits per heavy atom. The number of halogens is 6. The zero-order valence-electron chi connectivity index (χ0n) is 16.7. The largest absolute Gasteiger partial charge is 0.507 e. The fraction of sp³-hybridized carbons (Fsp3) is 0.364. The average molecular weight is 458 g/mol. The molecule has 1 saturated carbocycles. The summed E-state index contributed by atoms with van der Waals surface area (Å²) in [5, 5.41) is 19.9. The summed E-state index contributed by atoms with van der Waals surface area (Å²) in [4.78, 5) is 8.60. The first-order valence-corrected chi connectivity index (χ1v) is 9.83. The third-order valence-electron chi connectivity index (χ3n) is 5.25. The highest BCUT2D eigenvalue weighted by atomic mass is 19.4. The zero-order valence-corrected chi connectivity index (χ0v) is 16.7. The van der Waals surface area contributed by atoms with Crippen LogP contribution in [0.2, 0.25) is 0 Å². The fourth-order valence-electron chi connectivity index (χ4n) is 3.58. The highest BCUT2D eigenvalue weighted by Gasteiger charge is 2.35. The molecule has 1 aliphatic carbocycles. The maximum atomic E-state index is 13.0. The number of alkyl halides is 6. The predicted molar refractivity (Wildman–Crippen MR) is 107 cm³/mol. The van der Waals surface area contributed by atoms with Crippen LogP contribution in [0, 0.1) is 0 Å². The Balaban J connectivity index is 1.82. The molecular weight excluding hydrogens is 438 g/mol. The number of para-hydroxylation sites is 2. The number of phenolic OH excluding ortho intramolecular Hbond substituents is 2. The smallest absolute Gasteiger partial charge is 0.419 e. The van der Waals surface area contributed by atoms with E-state index in [-0.39, 0.29) is 11.1 Å². The molecule has 2 aromatic carbocycles. The molecule has 2 N–H and O–H groups in total. The molecular formula is C22H20F6N2O2. The molecule has 1 unspecified atom stereocenters. The second-order valence-electron chi connectivity index (χ2n) is 7.46. The second-order valence-corrected chi connectivity index (χ2v) is 7.46. The van der Waals surface area contributed by atoms with Crippen molar-refractivity contribution >= 4 is 12.4 Å². The van der Waals surface area contributed by atoms with Gasteiger partial charge in [-0.05, 0) is 37.1 Å². The normalized spacial score (nSPS) is 20.3.